The summed E-state index contributed by atoms with van der Waals surface area (Å²) in [6.45, 7) is 8.82. The van der Waals surface area contributed by atoms with Crippen molar-refractivity contribution in [1.82, 2.24) is 9.80 Å². The predicted octanol–water partition coefficient (Wildman–Crippen LogP) is 1.96. The minimum atomic E-state index is -0.153. The Morgan fingerprint density at radius 1 is 1.00 bits per heavy atom. The maximum Gasteiger partial charge on any atom is 0.123 e. The standard InChI is InChI=1S/C13H19FN2/c1-2-15-7-9-16(10-8-15)11-12-3-5-13(14)6-4-12/h3-6H,2,7-11H2,1H3. The lowest BCUT2D eigenvalue weighted by Crippen LogP contribution is -2.45. The van der Waals surface area contributed by atoms with Crippen LogP contribution in [0.2, 0.25) is 0 Å². The van der Waals surface area contributed by atoms with Gasteiger partial charge < -0.3 is 4.90 Å². The van der Waals surface area contributed by atoms with Crippen LogP contribution < -0.4 is 0 Å². The van der Waals surface area contributed by atoms with Gasteiger partial charge in [0.05, 0.1) is 0 Å². The molecule has 1 aromatic rings. The van der Waals surface area contributed by atoms with Gasteiger partial charge in [-0.25, -0.2) is 4.39 Å². The number of hydrogen-bond donors (Lipinski definition) is 0. The van der Waals surface area contributed by atoms with Crippen LogP contribution >= 0.6 is 0 Å². The first kappa shape index (κ1) is 11.6. The third-order valence-corrected chi connectivity index (χ3v) is 3.23. The van der Waals surface area contributed by atoms with Crippen LogP contribution in [0, 0.1) is 5.82 Å². The molecule has 0 radical (unpaired) electrons. The van der Waals surface area contributed by atoms with Gasteiger partial charge in [0.25, 0.3) is 0 Å². The zero-order valence-corrected chi connectivity index (χ0v) is 9.82. The third-order valence-electron chi connectivity index (χ3n) is 3.23. The van der Waals surface area contributed by atoms with Gasteiger partial charge in [-0.15, -0.1) is 0 Å². The number of halogens is 1. The molecule has 1 saturated heterocycles. The summed E-state index contributed by atoms with van der Waals surface area (Å²) in [4.78, 5) is 4.89. The summed E-state index contributed by atoms with van der Waals surface area (Å²) < 4.78 is 12.7. The Bertz CT molecular complexity index is 315. The normalized spacial score (nSPS) is 18.9. The number of piperazine rings is 1. The van der Waals surface area contributed by atoms with Crippen LogP contribution in [0.3, 0.4) is 0 Å². The fraction of sp³-hybridized carbons (Fsp3) is 0.538. The second-order valence-electron chi connectivity index (χ2n) is 4.34. The van der Waals surface area contributed by atoms with E-state index in [1.807, 2.05) is 12.1 Å². The summed E-state index contributed by atoms with van der Waals surface area (Å²) in [7, 11) is 0. The molecule has 16 heavy (non-hydrogen) atoms. The predicted molar refractivity (Wildman–Crippen MR) is 63.8 cm³/mol. The van der Waals surface area contributed by atoms with E-state index >= 15 is 0 Å². The lowest BCUT2D eigenvalue weighted by atomic mass is 10.2. The molecule has 0 atom stereocenters. The summed E-state index contributed by atoms with van der Waals surface area (Å²) in [6.07, 6.45) is 0. The smallest absolute Gasteiger partial charge is 0.123 e. The summed E-state index contributed by atoms with van der Waals surface area (Å²) in [5.41, 5.74) is 1.20. The van der Waals surface area contributed by atoms with Gasteiger partial charge >= 0.3 is 0 Å². The summed E-state index contributed by atoms with van der Waals surface area (Å²) in [6, 6.07) is 6.83. The molecule has 0 spiro atoms. The Balaban J connectivity index is 1.84. The van der Waals surface area contributed by atoms with Crippen LogP contribution in [0.5, 0.6) is 0 Å². The van der Waals surface area contributed by atoms with Gasteiger partial charge in [0, 0.05) is 32.7 Å². The van der Waals surface area contributed by atoms with Crippen molar-refractivity contribution in [3.05, 3.63) is 35.6 Å². The van der Waals surface area contributed by atoms with Crippen molar-refractivity contribution in [2.24, 2.45) is 0 Å². The van der Waals surface area contributed by atoms with Crippen LogP contribution in [0.15, 0.2) is 24.3 Å². The molecule has 1 heterocycles. The van der Waals surface area contributed by atoms with E-state index in [1.165, 1.54) is 17.7 Å². The van der Waals surface area contributed by atoms with E-state index in [0.29, 0.717) is 0 Å². The van der Waals surface area contributed by atoms with E-state index in [9.17, 15) is 4.39 Å². The molecule has 0 aromatic heterocycles. The first-order valence-electron chi connectivity index (χ1n) is 5.97. The molecule has 2 rings (SSSR count). The third kappa shape index (κ3) is 3.03. The van der Waals surface area contributed by atoms with Gasteiger partial charge in [-0.1, -0.05) is 19.1 Å². The number of rotatable bonds is 3. The topological polar surface area (TPSA) is 6.48 Å². The highest BCUT2D eigenvalue weighted by Crippen LogP contribution is 2.09. The Labute approximate surface area is 96.7 Å². The van der Waals surface area contributed by atoms with E-state index in [1.54, 1.807) is 0 Å². The SMILES string of the molecule is CCN1CCN(Cc2ccc(F)cc2)CC1. The first-order chi connectivity index (χ1) is 7.78. The molecule has 0 saturated carbocycles. The summed E-state index contributed by atoms with van der Waals surface area (Å²) >= 11 is 0. The van der Waals surface area contributed by atoms with Crippen LogP contribution in [0.1, 0.15) is 12.5 Å². The van der Waals surface area contributed by atoms with Gasteiger partial charge in [-0.3, -0.25) is 4.90 Å². The number of benzene rings is 1. The molecule has 2 nitrogen and oxygen atoms in total. The number of hydrogen-bond acceptors (Lipinski definition) is 2. The average molecular weight is 222 g/mol. The van der Waals surface area contributed by atoms with Gasteiger partial charge in [-0.2, -0.15) is 0 Å². The van der Waals surface area contributed by atoms with Crippen molar-refractivity contribution in [3.63, 3.8) is 0 Å². The Hall–Kier alpha value is -0.930. The van der Waals surface area contributed by atoms with E-state index in [2.05, 4.69) is 16.7 Å². The van der Waals surface area contributed by atoms with Crippen molar-refractivity contribution in [2.75, 3.05) is 32.7 Å². The second kappa shape index (κ2) is 5.41. The number of likely N-dealkylation sites (N-methyl/N-ethyl adjacent to an activating group) is 1. The van der Waals surface area contributed by atoms with Crippen LogP contribution in [0.25, 0.3) is 0 Å². The van der Waals surface area contributed by atoms with Crippen molar-refractivity contribution < 1.29 is 4.39 Å². The zero-order valence-electron chi connectivity index (χ0n) is 9.82. The minimum Gasteiger partial charge on any atom is -0.301 e. The minimum absolute atomic E-state index is 0.153. The highest BCUT2D eigenvalue weighted by molar-refractivity contribution is 5.15. The quantitative estimate of drug-likeness (QED) is 0.771. The monoisotopic (exact) mass is 222 g/mol. The average Bonchev–Trinajstić information content (AvgIpc) is 2.33. The first-order valence-corrected chi connectivity index (χ1v) is 5.97. The fourth-order valence-corrected chi connectivity index (χ4v) is 2.11. The van der Waals surface area contributed by atoms with E-state index < -0.39 is 0 Å². The largest absolute Gasteiger partial charge is 0.301 e. The van der Waals surface area contributed by atoms with Crippen molar-refractivity contribution in [3.8, 4) is 0 Å². The van der Waals surface area contributed by atoms with Crippen LogP contribution in [-0.4, -0.2) is 42.5 Å². The highest BCUT2D eigenvalue weighted by Gasteiger charge is 2.15. The molecule has 0 bridgehead atoms. The lowest BCUT2D eigenvalue weighted by molar-refractivity contribution is 0.132. The molecule has 0 N–H and O–H groups in total. The van der Waals surface area contributed by atoms with E-state index in [-0.39, 0.29) is 5.82 Å². The maximum atomic E-state index is 12.7. The van der Waals surface area contributed by atoms with E-state index in [4.69, 9.17) is 0 Å². The molecular weight excluding hydrogens is 203 g/mol. The summed E-state index contributed by atoms with van der Waals surface area (Å²) in [5.74, 6) is -0.153. The molecule has 1 aliphatic heterocycles. The molecule has 1 aromatic carbocycles. The van der Waals surface area contributed by atoms with Crippen LogP contribution in [-0.2, 0) is 6.54 Å². The molecule has 3 heteroatoms. The second-order valence-corrected chi connectivity index (χ2v) is 4.34. The highest BCUT2D eigenvalue weighted by atomic mass is 19.1. The van der Waals surface area contributed by atoms with Crippen LogP contribution in [0.4, 0.5) is 4.39 Å². The Morgan fingerprint density at radius 3 is 2.12 bits per heavy atom. The van der Waals surface area contributed by atoms with Crippen molar-refractivity contribution >= 4 is 0 Å². The molecule has 0 unspecified atom stereocenters. The molecular formula is C13H19FN2. The van der Waals surface area contributed by atoms with Gasteiger partial charge in [0.1, 0.15) is 5.82 Å². The maximum absolute atomic E-state index is 12.7. The summed E-state index contributed by atoms with van der Waals surface area (Å²) in [5, 5.41) is 0. The van der Waals surface area contributed by atoms with Gasteiger partial charge in [0.2, 0.25) is 0 Å². The van der Waals surface area contributed by atoms with Crippen molar-refractivity contribution in [2.45, 2.75) is 13.5 Å². The van der Waals surface area contributed by atoms with Crippen molar-refractivity contribution in [1.29, 1.82) is 0 Å². The molecule has 0 aliphatic carbocycles. The van der Waals surface area contributed by atoms with E-state index in [0.717, 1.165) is 39.3 Å². The molecule has 0 amide bonds. The zero-order chi connectivity index (χ0) is 11.4. The lowest BCUT2D eigenvalue weighted by Gasteiger charge is -2.34. The molecule has 1 fully saturated rings. The fourth-order valence-electron chi connectivity index (χ4n) is 2.11. The molecule has 1 aliphatic rings. The van der Waals surface area contributed by atoms with Gasteiger partial charge in [-0.05, 0) is 24.2 Å². The Morgan fingerprint density at radius 2 is 1.56 bits per heavy atom. The van der Waals surface area contributed by atoms with Gasteiger partial charge in [0.15, 0.2) is 0 Å². The number of nitrogens with zero attached hydrogens (tertiary/aromatic N) is 2. The molecule has 88 valence electrons. The Kier molecular flexibility index (Phi) is 3.91.